The van der Waals surface area contributed by atoms with E-state index in [1.165, 1.54) is 0 Å². The third kappa shape index (κ3) is 6.75. The maximum Gasteiger partial charge on any atom is 0.185 e. The van der Waals surface area contributed by atoms with Crippen LogP contribution in [0.15, 0.2) is 4.99 Å². The lowest BCUT2D eigenvalue weighted by molar-refractivity contribution is 0.249. The fraction of sp³-hybridized carbons (Fsp3) is 0.909. The molecule has 0 aliphatic carbocycles. The van der Waals surface area contributed by atoms with Crippen LogP contribution < -0.4 is 11.5 Å². The zero-order chi connectivity index (χ0) is 11.4. The molecule has 0 saturated heterocycles. The summed E-state index contributed by atoms with van der Waals surface area (Å²) < 4.78 is 0. The number of nitrogens with zero attached hydrogens (tertiary/aromatic N) is 1. The van der Waals surface area contributed by atoms with Gasteiger partial charge in [0.05, 0.1) is 0 Å². The first-order valence-corrected chi connectivity index (χ1v) is 5.28. The van der Waals surface area contributed by atoms with Crippen LogP contribution in [0.25, 0.3) is 0 Å². The number of guanidine groups is 1. The molecule has 0 saturated carbocycles. The van der Waals surface area contributed by atoms with E-state index in [-0.39, 0.29) is 5.96 Å². The standard InChI is InChI=1S/C11H25N3/c1-8(2)9(6-11(3,4)5)7-14-10(12)13/h8-9H,6-7H2,1-5H3,(H4,12,13,14). The third-order valence-electron chi connectivity index (χ3n) is 2.33. The molecule has 0 aliphatic heterocycles. The summed E-state index contributed by atoms with van der Waals surface area (Å²) in [6, 6.07) is 0. The molecule has 0 fully saturated rings. The Hall–Kier alpha value is -0.730. The maximum atomic E-state index is 5.33. The first kappa shape index (κ1) is 13.3. The van der Waals surface area contributed by atoms with E-state index in [9.17, 15) is 0 Å². The van der Waals surface area contributed by atoms with Crippen molar-refractivity contribution in [2.75, 3.05) is 6.54 Å². The van der Waals surface area contributed by atoms with Crippen LogP contribution in [-0.2, 0) is 0 Å². The lowest BCUT2D eigenvalue weighted by Gasteiger charge is -2.27. The molecule has 0 aromatic heterocycles. The van der Waals surface area contributed by atoms with Gasteiger partial charge in [0.2, 0.25) is 0 Å². The Kier molecular flexibility index (Phi) is 4.95. The van der Waals surface area contributed by atoms with Gasteiger partial charge in [0, 0.05) is 6.54 Å². The molecule has 0 bridgehead atoms. The molecule has 0 aliphatic rings. The van der Waals surface area contributed by atoms with Crippen LogP contribution in [0.2, 0.25) is 0 Å². The second-order valence-corrected chi connectivity index (χ2v) is 5.53. The van der Waals surface area contributed by atoms with Crippen LogP contribution in [0, 0.1) is 17.3 Å². The van der Waals surface area contributed by atoms with E-state index in [1.54, 1.807) is 0 Å². The van der Waals surface area contributed by atoms with Crippen LogP contribution >= 0.6 is 0 Å². The Bertz CT molecular complexity index is 185. The van der Waals surface area contributed by atoms with Crippen molar-refractivity contribution in [1.29, 1.82) is 0 Å². The minimum absolute atomic E-state index is 0.199. The summed E-state index contributed by atoms with van der Waals surface area (Å²) in [5.41, 5.74) is 11.0. The van der Waals surface area contributed by atoms with Crippen molar-refractivity contribution in [3.63, 3.8) is 0 Å². The Morgan fingerprint density at radius 2 is 1.71 bits per heavy atom. The maximum absolute atomic E-state index is 5.33. The molecule has 0 aromatic carbocycles. The summed E-state index contributed by atoms with van der Waals surface area (Å²) in [4.78, 5) is 4.10. The van der Waals surface area contributed by atoms with Gasteiger partial charge >= 0.3 is 0 Å². The van der Waals surface area contributed by atoms with Crippen molar-refractivity contribution in [3.05, 3.63) is 0 Å². The van der Waals surface area contributed by atoms with Gasteiger partial charge < -0.3 is 11.5 Å². The molecule has 1 unspecified atom stereocenters. The largest absolute Gasteiger partial charge is 0.370 e. The summed E-state index contributed by atoms with van der Waals surface area (Å²) in [6.45, 7) is 11.9. The van der Waals surface area contributed by atoms with Gasteiger partial charge in [-0.15, -0.1) is 0 Å². The first-order valence-electron chi connectivity index (χ1n) is 5.28. The third-order valence-corrected chi connectivity index (χ3v) is 2.33. The van der Waals surface area contributed by atoms with Crippen LogP contribution in [0.3, 0.4) is 0 Å². The van der Waals surface area contributed by atoms with Crippen LogP contribution in [0.4, 0.5) is 0 Å². The van der Waals surface area contributed by atoms with E-state index < -0.39 is 0 Å². The summed E-state index contributed by atoms with van der Waals surface area (Å²) in [5, 5.41) is 0. The normalized spacial score (nSPS) is 14.1. The quantitative estimate of drug-likeness (QED) is 0.537. The van der Waals surface area contributed by atoms with Crippen molar-refractivity contribution in [2.45, 2.75) is 41.0 Å². The number of hydrogen-bond donors (Lipinski definition) is 2. The Morgan fingerprint density at radius 3 is 2.00 bits per heavy atom. The minimum Gasteiger partial charge on any atom is -0.370 e. The zero-order valence-electron chi connectivity index (χ0n) is 10.2. The fourth-order valence-corrected chi connectivity index (χ4v) is 1.52. The van der Waals surface area contributed by atoms with E-state index in [0.29, 0.717) is 17.3 Å². The molecular formula is C11H25N3. The topological polar surface area (TPSA) is 64.4 Å². The molecular weight excluding hydrogens is 174 g/mol. The van der Waals surface area contributed by atoms with Crippen LogP contribution in [0.1, 0.15) is 41.0 Å². The van der Waals surface area contributed by atoms with Crippen molar-refractivity contribution in [2.24, 2.45) is 33.7 Å². The Labute approximate surface area is 88.0 Å². The number of nitrogens with two attached hydrogens (primary N) is 2. The zero-order valence-corrected chi connectivity index (χ0v) is 10.2. The van der Waals surface area contributed by atoms with Gasteiger partial charge in [-0.3, -0.25) is 4.99 Å². The van der Waals surface area contributed by atoms with Crippen LogP contribution in [-0.4, -0.2) is 12.5 Å². The van der Waals surface area contributed by atoms with Gasteiger partial charge in [-0.2, -0.15) is 0 Å². The van der Waals surface area contributed by atoms with Gasteiger partial charge in [-0.25, -0.2) is 0 Å². The van der Waals surface area contributed by atoms with Crippen molar-refractivity contribution < 1.29 is 0 Å². The van der Waals surface area contributed by atoms with Gasteiger partial charge in [-0.05, 0) is 23.7 Å². The minimum atomic E-state index is 0.199. The molecule has 0 rings (SSSR count). The molecule has 0 heterocycles. The van der Waals surface area contributed by atoms with E-state index in [2.05, 4.69) is 39.6 Å². The predicted molar refractivity (Wildman–Crippen MR) is 63.1 cm³/mol. The monoisotopic (exact) mass is 199 g/mol. The highest BCUT2D eigenvalue weighted by atomic mass is 15.0. The average Bonchev–Trinajstić information content (AvgIpc) is 1.94. The molecule has 3 heteroatoms. The summed E-state index contributed by atoms with van der Waals surface area (Å²) in [6.07, 6.45) is 1.15. The van der Waals surface area contributed by atoms with E-state index in [0.717, 1.165) is 13.0 Å². The average molecular weight is 199 g/mol. The number of hydrogen-bond acceptors (Lipinski definition) is 1. The Morgan fingerprint density at radius 1 is 1.21 bits per heavy atom. The van der Waals surface area contributed by atoms with Gasteiger partial charge in [-0.1, -0.05) is 34.6 Å². The number of aliphatic imine (C=N–C) groups is 1. The lowest BCUT2D eigenvalue weighted by atomic mass is 9.80. The predicted octanol–water partition coefficient (Wildman–Crippen LogP) is 1.97. The van der Waals surface area contributed by atoms with Crippen LogP contribution in [0.5, 0.6) is 0 Å². The summed E-state index contributed by atoms with van der Waals surface area (Å²) in [7, 11) is 0. The molecule has 14 heavy (non-hydrogen) atoms. The smallest absolute Gasteiger partial charge is 0.185 e. The lowest BCUT2D eigenvalue weighted by Crippen LogP contribution is -2.26. The van der Waals surface area contributed by atoms with E-state index in [4.69, 9.17) is 11.5 Å². The van der Waals surface area contributed by atoms with Crippen molar-refractivity contribution in [3.8, 4) is 0 Å². The summed E-state index contributed by atoms with van der Waals surface area (Å²) in [5.74, 6) is 1.39. The van der Waals surface area contributed by atoms with Crippen molar-refractivity contribution in [1.82, 2.24) is 0 Å². The van der Waals surface area contributed by atoms with Crippen molar-refractivity contribution >= 4 is 5.96 Å². The highest BCUT2D eigenvalue weighted by Gasteiger charge is 2.20. The second kappa shape index (κ2) is 5.23. The fourth-order valence-electron chi connectivity index (χ4n) is 1.52. The van der Waals surface area contributed by atoms with E-state index in [1.807, 2.05) is 0 Å². The molecule has 3 nitrogen and oxygen atoms in total. The molecule has 4 N–H and O–H groups in total. The van der Waals surface area contributed by atoms with Gasteiger partial charge in [0.25, 0.3) is 0 Å². The molecule has 0 aromatic rings. The SMILES string of the molecule is CC(C)C(CN=C(N)N)CC(C)(C)C. The summed E-state index contributed by atoms with van der Waals surface area (Å²) >= 11 is 0. The van der Waals surface area contributed by atoms with E-state index >= 15 is 0 Å². The highest BCUT2D eigenvalue weighted by Crippen LogP contribution is 2.28. The second-order valence-electron chi connectivity index (χ2n) is 5.53. The number of rotatable bonds is 4. The molecule has 84 valence electrons. The molecule has 0 spiro atoms. The molecule has 0 radical (unpaired) electrons. The van der Waals surface area contributed by atoms with Gasteiger partial charge in [0.1, 0.15) is 0 Å². The first-order chi connectivity index (χ1) is 6.22. The Balaban J connectivity index is 4.24. The highest BCUT2D eigenvalue weighted by molar-refractivity contribution is 5.75. The van der Waals surface area contributed by atoms with Gasteiger partial charge in [0.15, 0.2) is 5.96 Å². The molecule has 1 atom stereocenters. The molecule has 0 amide bonds.